The van der Waals surface area contributed by atoms with Gasteiger partial charge in [0, 0.05) is 10.0 Å². The highest BCUT2D eigenvalue weighted by atomic mass is 79.9. The molecular weight excluding hydrogens is 612 g/mol. The first-order chi connectivity index (χ1) is 17.7. The number of rotatable bonds is 10. The monoisotopic (exact) mass is 634 g/mol. The number of amides is 1. The lowest BCUT2D eigenvalue weighted by atomic mass is 10.1. The number of aryl methyl sites for hydroxylation is 1. The molecule has 0 spiro atoms. The fourth-order valence-electron chi connectivity index (χ4n) is 3.19. The predicted octanol–water partition coefficient (Wildman–Crippen LogP) is 5.29. The van der Waals surface area contributed by atoms with E-state index in [4.69, 9.17) is 23.7 Å². The summed E-state index contributed by atoms with van der Waals surface area (Å²) in [6.07, 6.45) is 1.36. The second-order valence-corrected chi connectivity index (χ2v) is 9.28. The summed E-state index contributed by atoms with van der Waals surface area (Å²) in [6.45, 7) is 1.71. The molecule has 0 saturated heterocycles. The highest BCUT2D eigenvalue weighted by molar-refractivity contribution is 9.11. The number of carbonyl (C=O) groups is 2. The molecule has 0 aliphatic carbocycles. The van der Waals surface area contributed by atoms with Crippen LogP contribution < -0.4 is 29.1 Å². The third kappa shape index (κ3) is 7.46. The van der Waals surface area contributed by atoms with Gasteiger partial charge in [-0.1, -0.05) is 28.1 Å². The number of hydrogen-bond acceptors (Lipinski definition) is 8. The van der Waals surface area contributed by atoms with E-state index in [2.05, 4.69) is 42.4 Å². The molecule has 1 amide bonds. The number of methoxy groups -OCH3 is 3. The topological polar surface area (TPSA) is 105 Å². The van der Waals surface area contributed by atoms with E-state index in [0.717, 1.165) is 5.56 Å². The number of halogens is 2. The van der Waals surface area contributed by atoms with Gasteiger partial charge in [-0.05, 0) is 64.8 Å². The summed E-state index contributed by atoms with van der Waals surface area (Å²) in [4.78, 5) is 25.2. The maximum Gasteiger partial charge on any atom is 0.343 e. The van der Waals surface area contributed by atoms with Gasteiger partial charge in [-0.2, -0.15) is 5.10 Å². The Morgan fingerprint density at radius 3 is 2.27 bits per heavy atom. The van der Waals surface area contributed by atoms with Crippen molar-refractivity contribution >= 4 is 50.0 Å². The summed E-state index contributed by atoms with van der Waals surface area (Å²) in [7, 11) is 4.37. The number of benzene rings is 3. The number of carbonyl (C=O) groups excluding carboxylic acids is 2. The van der Waals surface area contributed by atoms with Gasteiger partial charge in [-0.25, -0.2) is 10.2 Å². The number of hydrazone groups is 1. The van der Waals surface area contributed by atoms with Gasteiger partial charge in [-0.15, -0.1) is 0 Å². The van der Waals surface area contributed by atoms with Crippen molar-refractivity contribution in [3.63, 3.8) is 0 Å². The second kappa shape index (κ2) is 13.1. The van der Waals surface area contributed by atoms with Crippen molar-refractivity contribution in [2.45, 2.75) is 6.92 Å². The van der Waals surface area contributed by atoms with Gasteiger partial charge in [0.25, 0.3) is 5.91 Å². The average Bonchev–Trinajstić information content (AvgIpc) is 2.88. The van der Waals surface area contributed by atoms with Crippen molar-refractivity contribution in [3.8, 4) is 28.7 Å². The Kier molecular flexibility index (Phi) is 9.93. The summed E-state index contributed by atoms with van der Waals surface area (Å²) >= 11 is 6.81. The highest BCUT2D eigenvalue weighted by Gasteiger charge is 2.20. The molecule has 0 unspecified atom stereocenters. The van der Waals surface area contributed by atoms with Crippen LogP contribution in [0.4, 0.5) is 0 Å². The van der Waals surface area contributed by atoms with Crippen molar-refractivity contribution in [1.82, 2.24) is 5.43 Å². The van der Waals surface area contributed by atoms with Crippen LogP contribution in [0.1, 0.15) is 21.5 Å². The Balaban J connectivity index is 1.76. The van der Waals surface area contributed by atoms with Crippen LogP contribution in [0.15, 0.2) is 62.6 Å². The lowest BCUT2D eigenvalue weighted by molar-refractivity contribution is -0.123. The Morgan fingerprint density at radius 1 is 0.946 bits per heavy atom. The lowest BCUT2D eigenvalue weighted by Crippen LogP contribution is -2.24. The van der Waals surface area contributed by atoms with Crippen LogP contribution in [0.2, 0.25) is 0 Å². The molecule has 194 valence electrons. The zero-order chi connectivity index (χ0) is 26.9. The Bertz CT molecular complexity index is 1300. The van der Waals surface area contributed by atoms with E-state index in [1.807, 2.05) is 25.1 Å². The normalized spacial score (nSPS) is 10.6. The third-order valence-electron chi connectivity index (χ3n) is 4.88. The summed E-state index contributed by atoms with van der Waals surface area (Å²) < 4.78 is 28.3. The molecule has 3 aromatic carbocycles. The predicted molar refractivity (Wildman–Crippen MR) is 145 cm³/mol. The van der Waals surface area contributed by atoms with E-state index in [0.29, 0.717) is 37.5 Å². The van der Waals surface area contributed by atoms with E-state index >= 15 is 0 Å². The molecule has 3 aromatic rings. The smallest absolute Gasteiger partial charge is 0.343 e. The minimum Gasteiger partial charge on any atom is -0.493 e. The van der Waals surface area contributed by atoms with Gasteiger partial charge < -0.3 is 23.7 Å². The maximum absolute atomic E-state index is 13.0. The fraction of sp³-hybridized carbons (Fsp3) is 0.192. The van der Waals surface area contributed by atoms with Crippen LogP contribution in [0.25, 0.3) is 0 Å². The average molecular weight is 636 g/mol. The molecule has 0 radical (unpaired) electrons. The van der Waals surface area contributed by atoms with E-state index in [1.54, 1.807) is 18.2 Å². The van der Waals surface area contributed by atoms with Crippen molar-refractivity contribution in [2.75, 3.05) is 27.9 Å². The van der Waals surface area contributed by atoms with Crippen LogP contribution in [0.5, 0.6) is 28.7 Å². The summed E-state index contributed by atoms with van der Waals surface area (Å²) in [6, 6.07) is 13.7. The molecular formula is C26H24Br2N2O7. The summed E-state index contributed by atoms with van der Waals surface area (Å²) in [5.74, 6) is 0.603. The van der Waals surface area contributed by atoms with Crippen LogP contribution in [0, 0.1) is 6.92 Å². The molecule has 1 N–H and O–H groups in total. The van der Waals surface area contributed by atoms with Crippen LogP contribution in [-0.2, 0) is 4.79 Å². The Labute approximate surface area is 231 Å². The van der Waals surface area contributed by atoms with Gasteiger partial charge in [0.1, 0.15) is 5.75 Å². The first kappa shape index (κ1) is 28.0. The van der Waals surface area contributed by atoms with Gasteiger partial charge >= 0.3 is 5.97 Å². The number of ether oxygens (including phenoxy) is 5. The largest absolute Gasteiger partial charge is 0.493 e. The second-order valence-electron chi connectivity index (χ2n) is 7.51. The third-order valence-corrected chi connectivity index (χ3v) is 5.93. The minimum atomic E-state index is -0.674. The fourth-order valence-corrected chi connectivity index (χ4v) is 4.53. The Hall–Kier alpha value is -3.57. The van der Waals surface area contributed by atoms with Gasteiger partial charge in [-0.3, -0.25) is 4.79 Å². The highest BCUT2D eigenvalue weighted by Crippen LogP contribution is 2.39. The molecule has 0 aromatic heterocycles. The standard InChI is InChI=1S/C26H24Br2N2O7/c1-15-6-5-7-19(8-15)36-14-23(31)30-29-13-17-9-18(27)12-20(28)24(17)37-26(32)16-10-21(33-2)25(35-4)22(11-16)34-3/h5-13H,14H2,1-4H3,(H,30,31)/b29-13+. The molecule has 0 fully saturated rings. The SMILES string of the molecule is COc1cc(C(=O)Oc2c(Br)cc(Br)cc2/C=N/NC(=O)COc2cccc(C)c2)cc(OC)c1OC. The molecule has 0 aliphatic heterocycles. The first-order valence-electron chi connectivity index (χ1n) is 10.8. The van der Waals surface area contributed by atoms with E-state index in [9.17, 15) is 9.59 Å². The maximum atomic E-state index is 13.0. The molecule has 0 bridgehead atoms. The van der Waals surface area contributed by atoms with Crippen LogP contribution in [-0.4, -0.2) is 46.0 Å². The molecule has 11 heteroatoms. The number of nitrogens with zero attached hydrogens (tertiary/aromatic N) is 1. The molecule has 3 rings (SSSR count). The molecule has 0 saturated carbocycles. The summed E-state index contributed by atoms with van der Waals surface area (Å²) in [5.41, 5.74) is 4.01. The molecule has 9 nitrogen and oxygen atoms in total. The molecule has 0 aliphatic rings. The van der Waals surface area contributed by atoms with Crippen molar-refractivity contribution in [3.05, 3.63) is 74.2 Å². The quantitative estimate of drug-likeness (QED) is 0.140. The lowest BCUT2D eigenvalue weighted by Gasteiger charge is -2.15. The number of nitrogens with one attached hydrogen (secondary N) is 1. The van der Waals surface area contributed by atoms with Crippen molar-refractivity contribution in [1.29, 1.82) is 0 Å². The van der Waals surface area contributed by atoms with Crippen LogP contribution >= 0.6 is 31.9 Å². The first-order valence-corrected chi connectivity index (χ1v) is 12.4. The van der Waals surface area contributed by atoms with Gasteiger partial charge in [0.15, 0.2) is 23.9 Å². The minimum absolute atomic E-state index is 0.175. The molecule has 0 heterocycles. The summed E-state index contributed by atoms with van der Waals surface area (Å²) in [5, 5.41) is 3.98. The zero-order valence-electron chi connectivity index (χ0n) is 20.5. The number of esters is 1. The molecule has 37 heavy (non-hydrogen) atoms. The van der Waals surface area contributed by atoms with Crippen molar-refractivity contribution in [2.24, 2.45) is 5.10 Å². The molecule has 0 atom stereocenters. The zero-order valence-corrected chi connectivity index (χ0v) is 23.6. The Morgan fingerprint density at radius 2 is 1.65 bits per heavy atom. The van der Waals surface area contributed by atoms with Crippen LogP contribution in [0.3, 0.4) is 0 Å². The van der Waals surface area contributed by atoms with Gasteiger partial charge in [0.2, 0.25) is 5.75 Å². The van der Waals surface area contributed by atoms with Gasteiger partial charge in [0.05, 0.1) is 37.6 Å². The van der Waals surface area contributed by atoms with E-state index in [1.165, 1.54) is 39.7 Å². The van der Waals surface area contributed by atoms with E-state index < -0.39 is 11.9 Å². The number of hydrogen-bond donors (Lipinski definition) is 1. The van der Waals surface area contributed by atoms with Crippen molar-refractivity contribution < 1.29 is 33.3 Å². The van der Waals surface area contributed by atoms with E-state index in [-0.39, 0.29) is 17.9 Å².